The quantitative estimate of drug-likeness (QED) is 0.394. The molecule has 0 aromatic rings. The van der Waals surface area contributed by atoms with Crippen LogP contribution >= 0.6 is 0 Å². The van der Waals surface area contributed by atoms with Crippen LogP contribution in [0, 0.1) is 0 Å². The summed E-state index contributed by atoms with van der Waals surface area (Å²) in [4.78, 5) is 4.42. The van der Waals surface area contributed by atoms with E-state index in [4.69, 9.17) is 5.26 Å². The van der Waals surface area contributed by atoms with Gasteiger partial charge < -0.3 is 0 Å². The Morgan fingerprint density at radius 1 is 1.55 bits per heavy atom. The first-order valence-corrected chi connectivity index (χ1v) is 7.56. The molecule has 0 amide bonds. The number of hydrogen-bond donors (Lipinski definition) is 1. The van der Waals surface area contributed by atoms with E-state index >= 15 is 0 Å². The molecule has 0 aromatic heterocycles. The molecule has 0 spiro atoms. The second-order valence-electron chi connectivity index (χ2n) is 4.08. The summed E-state index contributed by atoms with van der Waals surface area (Å²) in [5, 5.41) is 9.94. The van der Waals surface area contributed by atoms with Crippen molar-refractivity contribution in [3.05, 3.63) is 11.3 Å². The maximum Gasteiger partial charge on any atom is 0.111 e. The Morgan fingerprint density at radius 3 is 2.55 bits per heavy atom. The summed E-state index contributed by atoms with van der Waals surface area (Å²) in [7, 11) is -1.23. The van der Waals surface area contributed by atoms with E-state index < -0.39 is 8.07 Å². The van der Waals surface area contributed by atoms with Gasteiger partial charge in [0.05, 0.1) is 8.07 Å². The molecule has 0 radical (unpaired) electrons. The Balaban J connectivity index is 2.71. The fraction of sp³-hybridized carbons (Fsp3) is 0.750. The fourth-order valence-electron chi connectivity index (χ4n) is 1.58. The average Bonchev–Trinajstić information content (AvgIpc) is 2.31. The molecule has 11 heavy (non-hydrogen) atoms. The smallest absolute Gasteiger partial charge is 0.111 e. The van der Waals surface area contributed by atoms with Crippen LogP contribution in [0.4, 0.5) is 0 Å². The van der Waals surface area contributed by atoms with Gasteiger partial charge >= 0.3 is 0 Å². The molecule has 0 aromatic carbocycles. The molecule has 3 heteroatoms. The lowest BCUT2D eigenvalue weighted by Gasteiger charge is -2.22. The third-order valence-electron chi connectivity index (χ3n) is 2.13. The van der Waals surface area contributed by atoms with Gasteiger partial charge in [-0.05, 0) is 12.8 Å². The summed E-state index contributed by atoms with van der Waals surface area (Å²) in [6.07, 6.45) is 4.25. The van der Waals surface area contributed by atoms with E-state index in [-0.39, 0.29) is 6.10 Å². The van der Waals surface area contributed by atoms with Crippen molar-refractivity contribution in [3.63, 3.8) is 0 Å². The van der Waals surface area contributed by atoms with Gasteiger partial charge in [-0.25, -0.2) is 4.89 Å². The summed E-state index contributed by atoms with van der Waals surface area (Å²) < 4.78 is 0. The second kappa shape index (κ2) is 3.09. The molecule has 1 aliphatic carbocycles. The molecule has 1 atom stereocenters. The molecule has 64 valence electrons. The minimum atomic E-state index is -1.23. The van der Waals surface area contributed by atoms with Crippen molar-refractivity contribution in [3.8, 4) is 0 Å². The highest BCUT2D eigenvalue weighted by Crippen LogP contribution is 2.29. The van der Waals surface area contributed by atoms with Crippen LogP contribution < -0.4 is 0 Å². The largest absolute Gasteiger partial charge is 0.251 e. The van der Waals surface area contributed by atoms with Crippen LogP contribution in [0.25, 0.3) is 0 Å². The molecule has 0 bridgehead atoms. The Kier molecular flexibility index (Phi) is 2.52. The van der Waals surface area contributed by atoms with Gasteiger partial charge in [-0.3, -0.25) is 5.26 Å². The Labute approximate surface area is 68.8 Å². The van der Waals surface area contributed by atoms with Crippen LogP contribution in [0.15, 0.2) is 11.3 Å². The number of allylic oxidation sites excluding steroid dienone is 1. The molecule has 1 rings (SSSR count). The fourth-order valence-corrected chi connectivity index (χ4v) is 3.50. The standard InChI is InChI=1S/C8H16O2Si/c1-11(2,3)8-6-4-5-7(8)10-9/h6-7,9H,4-5H2,1-3H3. The molecule has 1 N–H and O–H groups in total. The third-order valence-corrected chi connectivity index (χ3v) is 4.39. The first-order valence-electron chi connectivity index (χ1n) is 4.06. The normalized spacial score (nSPS) is 25.5. The first-order chi connectivity index (χ1) is 5.05. The van der Waals surface area contributed by atoms with Crippen molar-refractivity contribution >= 4 is 8.07 Å². The van der Waals surface area contributed by atoms with Gasteiger partial charge in [0, 0.05) is 0 Å². The lowest BCUT2D eigenvalue weighted by molar-refractivity contribution is -0.266. The maximum atomic E-state index is 8.58. The van der Waals surface area contributed by atoms with Gasteiger partial charge in [0.25, 0.3) is 0 Å². The molecule has 2 nitrogen and oxygen atoms in total. The zero-order valence-corrected chi connectivity index (χ0v) is 8.42. The SMILES string of the molecule is C[Si](C)(C)C1=CCCC1OO. The summed E-state index contributed by atoms with van der Waals surface area (Å²) in [5.41, 5.74) is 0. The summed E-state index contributed by atoms with van der Waals surface area (Å²) in [6, 6.07) is 0. The Bertz CT molecular complexity index is 169. The van der Waals surface area contributed by atoms with Gasteiger partial charge in [-0.2, -0.15) is 0 Å². The predicted octanol–water partition coefficient (Wildman–Crippen LogP) is 2.44. The first kappa shape index (κ1) is 8.97. The van der Waals surface area contributed by atoms with Crippen LogP contribution in [0.3, 0.4) is 0 Å². The highest BCUT2D eigenvalue weighted by atomic mass is 28.3. The van der Waals surface area contributed by atoms with E-state index in [1.165, 1.54) is 5.20 Å². The number of rotatable bonds is 2. The van der Waals surface area contributed by atoms with Crippen molar-refractivity contribution in [2.75, 3.05) is 0 Å². The molecule has 0 saturated carbocycles. The number of hydrogen-bond acceptors (Lipinski definition) is 2. The molecule has 0 saturated heterocycles. The maximum absolute atomic E-state index is 8.58. The van der Waals surface area contributed by atoms with E-state index in [0.29, 0.717) is 0 Å². The van der Waals surface area contributed by atoms with Crippen LogP contribution in [-0.2, 0) is 4.89 Å². The lowest BCUT2D eigenvalue weighted by Crippen LogP contribution is -2.30. The van der Waals surface area contributed by atoms with Crippen LogP contribution in [-0.4, -0.2) is 19.4 Å². The molecule has 0 aliphatic heterocycles. The van der Waals surface area contributed by atoms with E-state index in [1.807, 2.05) is 0 Å². The van der Waals surface area contributed by atoms with Crippen molar-refractivity contribution in [1.29, 1.82) is 0 Å². The van der Waals surface area contributed by atoms with E-state index in [0.717, 1.165) is 12.8 Å². The molecule has 0 heterocycles. The minimum absolute atomic E-state index is 0.00154. The van der Waals surface area contributed by atoms with E-state index in [2.05, 4.69) is 30.6 Å². The van der Waals surface area contributed by atoms with Gasteiger partial charge in [0.15, 0.2) is 0 Å². The van der Waals surface area contributed by atoms with Crippen molar-refractivity contribution in [2.24, 2.45) is 0 Å². The average molecular weight is 172 g/mol. The van der Waals surface area contributed by atoms with Gasteiger partial charge in [-0.1, -0.05) is 30.9 Å². The summed E-state index contributed by atoms with van der Waals surface area (Å²) >= 11 is 0. The van der Waals surface area contributed by atoms with Gasteiger partial charge in [0.1, 0.15) is 6.10 Å². The highest BCUT2D eigenvalue weighted by molar-refractivity contribution is 6.83. The summed E-state index contributed by atoms with van der Waals surface area (Å²) in [6.45, 7) is 6.82. The molecule has 1 aliphatic rings. The van der Waals surface area contributed by atoms with E-state index in [1.54, 1.807) is 0 Å². The predicted molar refractivity (Wildman–Crippen MR) is 48.2 cm³/mol. The third kappa shape index (κ3) is 1.92. The molecular weight excluding hydrogens is 156 g/mol. The topological polar surface area (TPSA) is 29.5 Å². The van der Waals surface area contributed by atoms with Crippen molar-refractivity contribution in [2.45, 2.75) is 38.6 Å². The van der Waals surface area contributed by atoms with Crippen LogP contribution in [0.5, 0.6) is 0 Å². The van der Waals surface area contributed by atoms with Crippen molar-refractivity contribution in [1.82, 2.24) is 0 Å². The second-order valence-corrected chi connectivity index (χ2v) is 9.16. The molecule has 1 unspecified atom stereocenters. The van der Waals surface area contributed by atoms with Crippen LogP contribution in [0.1, 0.15) is 12.8 Å². The summed E-state index contributed by atoms with van der Waals surface area (Å²) in [5.74, 6) is 0. The molecular formula is C8H16O2Si. The lowest BCUT2D eigenvalue weighted by atomic mass is 10.3. The monoisotopic (exact) mass is 172 g/mol. The highest BCUT2D eigenvalue weighted by Gasteiger charge is 2.30. The van der Waals surface area contributed by atoms with E-state index in [9.17, 15) is 0 Å². The molecule has 0 fully saturated rings. The van der Waals surface area contributed by atoms with Crippen LogP contribution in [0.2, 0.25) is 19.6 Å². The zero-order valence-electron chi connectivity index (χ0n) is 7.42. The van der Waals surface area contributed by atoms with Gasteiger partial charge in [-0.15, -0.1) is 0 Å². The minimum Gasteiger partial charge on any atom is -0.251 e. The Morgan fingerprint density at radius 2 is 2.18 bits per heavy atom. The zero-order chi connectivity index (χ0) is 8.48. The van der Waals surface area contributed by atoms with Crippen molar-refractivity contribution < 1.29 is 10.1 Å². The van der Waals surface area contributed by atoms with Gasteiger partial charge in [0.2, 0.25) is 0 Å². The Hall–Kier alpha value is -0.123.